The second kappa shape index (κ2) is 5.86. The van der Waals surface area contributed by atoms with Crippen molar-refractivity contribution in [3.63, 3.8) is 0 Å². The summed E-state index contributed by atoms with van der Waals surface area (Å²) in [6.07, 6.45) is 0.321. The molecule has 22 heavy (non-hydrogen) atoms. The zero-order valence-corrected chi connectivity index (χ0v) is 14.3. The van der Waals surface area contributed by atoms with Crippen LogP contribution in [0.25, 0.3) is 0 Å². The maximum absolute atomic E-state index is 11.9. The summed E-state index contributed by atoms with van der Waals surface area (Å²) in [5, 5.41) is 1.04. The highest BCUT2D eigenvalue weighted by atomic mass is 35.5. The topological polar surface area (TPSA) is 66.8 Å². The molecule has 5 nitrogen and oxygen atoms in total. The van der Waals surface area contributed by atoms with Crippen molar-refractivity contribution in [2.45, 2.75) is 24.6 Å². The first-order chi connectivity index (χ1) is 10.4. The number of hydrogen-bond donors (Lipinski definition) is 0. The molecular weight excluding hydrogens is 344 g/mol. The van der Waals surface area contributed by atoms with E-state index in [2.05, 4.69) is 4.99 Å². The van der Waals surface area contributed by atoms with Crippen LogP contribution in [0, 0.1) is 0 Å². The van der Waals surface area contributed by atoms with Gasteiger partial charge in [-0.15, -0.1) is 0 Å². The third-order valence-electron chi connectivity index (χ3n) is 3.68. The van der Waals surface area contributed by atoms with E-state index < -0.39 is 9.84 Å². The summed E-state index contributed by atoms with van der Waals surface area (Å²) < 4.78 is 23.8. The smallest absolute Gasteiger partial charge is 0.247 e. The Kier molecular flexibility index (Phi) is 4.22. The van der Waals surface area contributed by atoms with Crippen LogP contribution >= 0.6 is 23.4 Å². The van der Waals surface area contributed by atoms with E-state index in [1.807, 2.05) is 11.0 Å². The van der Waals surface area contributed by atoms with Gasteiger partial charge in [0.05, 0.1) is 17.5 Å². The zero-order chi connectivity index (χ0) is 15.9. The zero-order valence-electron chi connectivity index (χ0n) is 11.9. The van der Waals surface area contributed by atoms with Gasteiger partial charge in [-0.25, -0.2) is 8.42 Å². The number of thioether (sulfide) groups is 1. The first-order valence-electron chi connectivity index (χ1n) is 6.93. The first-order valence-corrected chi connectivity index (χ1v) is 10.0. The molecule has 3 rings (SSSR count). The molecule has 2 heterocycles. The van der Waals surface area contributed by atoms with Gasteiger partial charge < -0.3 is 4.90 Å². The van der Waals surface area contributed by atoms with Gasteiger partial charge in [0.1, 0.15) is 0 Å². The quantitative estimate of drug-likeness (QED) is 0.811. The van der Waals surface area contributed by atoms with E-state index in [1.54, 1.807) is 25.1 Å². The van der Waals surface area contributed by atoms with Crippen LogP contribution in [0.3, 0.4) is 0 Å². The molecule has 1 aromatic carbocycles. The van der Waals surface area contributed by atoms with Crippen molar-refractivity contribution in [1.82, 2.24) is 0 Å². The van der Waals surface area contributed by atoms with Crippen LogP contribution in [0.4, 0.5) is 5.69 Å². The molecule has 0 aliphatic carbocycles. The van der Waals surface area contributed by atoms with Crippen molar-refractivity contribution < 1.29 is 13.2 Å². The number of carbonyl (C=O) groups excluding carboxylic acids is 1. The van der Waals surface area contributed by atoms with Crippen LogP contribution < -0.4 is 4.90 Å². The van der Waals surface area contributed by atoms with Crippen molar-refractivity contribution in [3.8, 4) is 0 Å². The Morgan fingerprint density at radius 2 is 2.23 bits per heavy atom. The number of anilines is 1. The summed E-state index contributed by atoms with van der Waals surface area (Å²) in [6.45, 7) is 1.75. The summed E-state index contributed by atoms with van der Waals surface area (Å²) in [5.74, 6) is -0.00716. The molecule has 2 aliphatic heterocycles. The van der Waals surface area contributed by atoms with Gasteiger partial charge in [-0.2, -0.15) is 4.99 Å². The number of carbonyl (C=O) groups is 1. The molecule has 2 atom stereocenters. The third kappa shape index (κ3) is 3.02. The lowest BCUT2D eigenvalue weighted by molar-refractivity contribution is -0.117. The summed E-state index contributed by atoms with van der Waals surface area (Å²) in [5.41, 5.74) is 0.771. The fourth-order valence-electron chi connectivity index (χ4n) is 2.68. The lowest BCUT2D eigenvalue weighted by Crippen LogP contribution is -2.37. The molecule has 118 valence electrons. The number of amides is 1. The lowest BCUT2D eigenvalue weighted by Gasteiger charge is -2.24. The van der Waals surface area contributed by atoms with Crippen molar-refractivity contribution in [2.75, 3.05) is 16.4 Å². The largest absolute Gasteiger partial charge is 0.316 e. The highest BCUT2D eigenvalue weighted by molar-refractivity contribution is 8.16. The SMILES string of the molecule is CCC(=O)N=C1S[C@@H]2CS(=O)(=O)C[C@H]2N1c1cccc(Cl)c1. The summed E-state index contributed by atoms with van der Waals surface area (Å²) >= 11 is 7.41. The van der Waals surface area contributed by atoms with E-state index in [4.69, 9.17) is 11.6 Å². The van der Waals surface area contributed by atoms with Crippen LogP contribution in [0.1, 0.15) is 13.3 Å². The molecule has 0 N–H and O–H groups in total. The van der Waals surface area contributed by atoms with Crippen molar-refractivity contribution >= 4 is 50.0 Å². The Labute approximate surface area is 138 Å². The van der Waals surface area contributed by atoms with Crippen LogP contribution in [0.5, 0.6) is 0 Å². The average Bonchev–Trinajstić information content (AvgIpc) is 2.89. The minimum Gasteiger partial charge on any atom is -0.316 e. The standard InChI is InChI=1S/C14H15ClN2O3S2/c1-2-13(18)16-14-17(10-5-3-4-9(15)6-10)11-7-22(19,20)8-12(11)21-14/h3-6,11-12H,2,7-8H2,1H3/t11-,12-/m1/s1. The molecule has 0 radical (unpaired) electrons. The molecule has 2 fully saturated rings. The molecule has 0 unspecified atom stereocenters. The van der Waals surface area contributed by atoms with Crippen molar-refractivity contribution in [2.24, 2.45) is 4.99 Å². The molecule has 8 heteroatoms. The van der Waals surface area contributed by atoms with E-state index >= 15 is 0 Å². The molecule has 0 aromatic heterocycles. The second-order valence-corrected chi connectivity index (χ2v) is 9.09. The molecule has 1 amide bonds. The number of nitrogens with zero attached hydrogens (tertiary/aromatic N) is 2. The lowest BCUT2D eigenvalue weighted by atomic mass is 10.2. The van der Waals surface area contributed by atoms with E-state index in [0.717, 1.165) is 5.69 Å². The Balaban J connectivity index is 2.03. The molecule has 2 aliphatic rings. The number of sulfone groups is 1. The maximum Gasteiger partial charge on any atom is 0.247 e. The Bertz CT molecular complexity index is 748. The monoisotopic (exact) mass is 358 g/mol. The number of hydrogen-bond acceptors (Lipinski definition) is 4. The number of amidine groups is 1. The number of fused-ring (bicyclic) bond motifs is 1. The summed E-state index contributed by atoms with van der Waals surface area (Å²) in [4.78, 5) is 17.7. The molecule has 0 bridgehead atoms. The number of rotatable bonds is 2. The van der Waals surface area contributed by atoms with Gasteiger partial charge in [-0.05, 0) is 18.2 Å². The Morgan fingerprint density at radius 1 is 1.45 bits per heavy atom. The first kappa shape index (κ1) is 15.8. The van der Waals surface area contributed by atoms with E-state index in [0.29, 0.717) is 16.6 Å². The third-order valence-corrected chi connectivity index (χ3v) is 7.12. The molecule has 0 saturated carbocycles. The minimum atomic E-state index is -3.05. The van der Waals surface area contributed by atoms with Gasteiger partial charge in [-0.3, -0.25) is 4.79 Å². The molecular formula is C14H15ClN2O3S2. The second-order valence-electron chi connectivity index (χ2n) is 5.29. The van der Waals surface area contributed by atoms with Gasteiger partial charge in [0, 0.05) is 22.4 Å². The minimum absolute atomic E-state index is 0.0799. The van der Waals surface area contributed by atoms with Gasteiger partial charge in [0.25, 0.3) is 0 Å². The van der Waals surface area contributed by atoms with Crippen LogP contribution in [0.2, 0.25) is 5.02 Å². The predicted octanol–water partition coefficient (Wildman–Crippen LogP) is 2.35. The molecule has 1 aromatic rings. The van der Waals surface area contributed by atoms with Crippen LogP contribution in [-0.4, -0.2) is 42.3 Å². The van der Waals surface area contributed by atoms with Crippen molar-refractivity contribution in [1.29, 1.82) is 0 Å². The van der Waals surface area contributed by atoms with Gasteiger partial charge in [0.15, 0.2) is 15.0 Å². The Hall–Kier alpha value is -1.05. The normalized spacial score (nSPS) is 28.1. The maximum atomic E-state index is 11.9. The van der Waals surface area contributed by atoms with Gasteiger partial charge in [-0.1, -0.05) is 36.4 Å². The fourth-order valence-corrected chi connectivity index (χ4v) is 6.79. The molecule has 0 spiro atoms. The number of benzene rings is 1. The average molecular weight is 359 g/mol. The predicted molar refractivity (Wildman–Crippen MR) is 90.5 cm³/mol. The summed E-state index contributed by atoms with van der Waals surface area (Å²) in [6, 6.07) is 6.98. The highest BCUT2D eigenvalue weighted by Crippen LogP contribution is 2.41. The van der Waals surface area contributed by atoms with E-state index in [-0.39, 0.29) is 28.7 Å². The Morgan fingerprint density at radius 3 is 2.91 bits per heavy atom. The van der Waals surface area contributed by atoms with Crippen molar-refractivity contribution in [3.05, 3.63) is 29.3 Å². The van der Waals surface area contributed by atoms with Gasteiger partial charge >= 0.3 is 0 Å². The van der Waals surface area contributed by atoms with E-state index in [9.17, 15) is 13.2 Å². The highest BCUT2D eigenvalue weighted by Gasteiger charge is 2.49. The van der Waals surface area contributed by atoms with Crippen LogP contribution in [0.15, 0.2) is 29.3 Å². The number of aliphatic imine (C=N–C) groups is 1. The van der Waals surface area contributed by atoms with Gasteiger partial charge in [0.2, 0.25) is 5.91 Å². The summed E-state index contributed by atoms with van der Waals surface area (Å²) in [7, 11) is -3.05. The number of halogens is 1. The fraction of sp³-hybridized carbons (Fsp3) is 0.429. The molecule has 2 saturated heterocycles. The van der Waals surface area contributed by atoms with E-state index in [1.165, 1.54) is 11.8 Å². The van der Waals surface area contributed by atoms with Crippen LogP contribution in [-0.2, 0) is 14.6 Å².